The number of hydrogen-bond acceptors (Lipinski definition) is 1. The van der Waals surface area contributed by atoms with E-state index in [4.69, 9.17) is 0 Å². The average Bonchev–Trinajstić information content (AvgIpc) is 2.78. The molecule has 32 heavy (non-hydrogen) atoms. The Kier molecular flexibility index (Phi) is 12.1. The summed E-state index contributed by atoms with van der Waals surface area (Å²) in [6, 6.07) is 19.0. The molecule has 2 aromatic carbocycles. The van der Waals surface area contributed by atoms with E-state index in [1.54, 1.807) is 0 Å². The topological polar surface area (TPSA) is 20.2 Å². The smallest absolute Gasteiger partial charge is 0.145 e. The Morgan fingerprint density at radius 1 is 0.656 bits per heavy atom. The van der Waals surface area contributed by atoms with Crippen LogP contribution in [0.4, 0.5) is 0 Å². The maximum atomic E-state index is 11.4. The van der Waals surface area contributed by atoms with Crippen molar-refractivity contribution in [3.63, 3.8) is 0 Å². The second-order valence-electron chi connectivity index (χ2n) is 10.2. The van der Waals surface area contributed by atoms with Gasteiger partial charge in [-0.25, -0.2) is 0 Å². The maximum absolute atomic E-state index is 11.4. The van der Waals surface area contributed by atoms with Gasteiger partial charge in [-0.05, 0) is 25.3 Å². The molecule has 178 valence electrons. The van der Waals surface area contributed by atoms with Crippen molar-refractivity contribution in [1.82, 2.24) is 0 Å². The van der Waals surface area contributed by atoms with Crippen molar-refractivity contribution in [2.24, 2.45) is 0 Å². The summed E-state index contributed by atoms with van der Waals surface area (Å²) < 4.78 is 0.802. The van der Waals surface area contributed by atoms with Gasteiger partial charge in [0, 0.05) is 5.56 Å². The summed E-state index contributed by atoms with van der Waals surface area (Å²) in [6.07, 6.45) is 14.5. The van der Waals surface area contributed by atoms with Crippen LogP contribution < -0.4 is 0 Å². The molecule has 2 nitrogen and oxygen atoms in total. The molecule has 0 saturated heterocycles. The quantitative estimate of drug-likeness (QED) is 0.207. The number of hydrogen-bond donors (Lipinski definition) is 1. The molecule has 2 unspecified atom stereocenters. The number of nitrogens with zero attached hydrogens (tertiary/aromatic N) is 1. The molecule has 0 aliphatic heterocycles. The molecule has 0 spiro atoms. The second-order valence-corrected chi connectivity index (χ2v) is 10.2. The van der Waals surface area contributed by atoms with Gasteiger partial charge in [-0.3, -0.25) is 0 Å². The van der Waals surface area contributed by atoms with Gasteiger partial charge in [-0.1, -0.05) is 125 Å². The highest BCUT2D eigenvalue weighted by Gasteiger charge is 2.36. The van der Waals surface area contributed by atoms with Crippen molar-refractivity contribution < 1.29 is 9.59 Å². The van der Waals surface area contributed by atoms with E-state index in [1.807, 2.05) is 0 Å². The lowest BCUT2D eigenvalue weighted by Gasteiger charge is -2.41. The molecule has 2 rings (SSSR count). The van der Waals surface area contributed by atoms with E-state index in [0.717, 1.165) is 16.6 Å². The van der Waals surface area contributed by atoms with Gasteiger partial charge in [0.05, 0.1) is 20.6 Å². The molecule has 2 heteroatoms. The zero-order valence-corrected chi connectivity index (χ0v) is 21.2. The fourth-order valence-electron chi connectivity index (χ4n) is 4.89. The van der Waals surface area contributed by atoms with Crippen molar-refractivity contribution in [3.05, 3.63) is 71.3 Å². The lowest BCUT2D eigenvalue weighted by atomic mass is 9.92. The molecular weight excluding hydrogens is 390 g/mol. The molecule has 2 aromatic rings. The Bertz CT molecular complexity index is 722. The third-order valence-electron chi connectivity index (χ3n) is 6.95. The molecular formula is C30H48NO+. The van der Waals surface area contributed by atoms with Gasteiger partial charge in [0.25, 0.3) is 0 Å². The van der Waals surface area contributed by atoms with Crippen molar-refractivity contribution >= 4 is 0 Å². The molecule has 0 bridgehead atoms. The number of aryl methyl sites for hydroxylation is 1. The Morgan fingerprint density at radius 3 is 1.69 bits per heavy atom. The maximum Gasteiger partial charge on any atom is 0.145 e. The van der Waals surface area contributed by atoms with Gasteiger partial charge < -0.3 is 9.59 Å². The first kappa shape index (κ1) is 26.6. The number of benzene rings is 2. The van der Waals surface area contributed by atoms with E-state index >= 15 is 0 Å². The number of aliphatic hydroxyl groups is 1. The largest absolute Gasteiger partial charge is 0.382 e. The summed E-state index contributed by atoms with van der Waals surface area (Å²) in [5, 5.41) is 11.4. The summed E-state index contributed by atoms with van der Waals surface area (Å²) in [5.41, 5.74) is 3.45. The van der Waals surface area contributed by atoms with Gasteiger partial charge in [0.15, 0.2) is 0 Å². The van der Waals surface area contributed by atoms with Crippen molar-refractivity contribution in [3.8, 4) is 0 Å². The SMILES string of the molecule is CCCCCCCCCCCCC[N+](C)(C)C(c1ccccc1)C(O)c1ccc(C)cc1. The minimum atomic E-state index is -0.513. The van der Waals surface area contributed by atoms with Crippen LogP contribution in [0.5, 0.6) is 0 Å². The predicted octanol–water partition coefficient (Wildman–Crippen LogP) is 8.16. The molecule has 2 atom stereocenters. The molecule has 0 radical (unpaired) electrons. The normalized spacial score (nSPS) is 13.8. The molecule has 0 aliphatic carbocycles. The Balaban J connectivity index is 1.85. The van der Waals surface area contributed by atoms with E-state index in [-0.39, 0.29) is 6.04 Å². The fourth-order valence-corrected chi connectivity index (χ4v) is 4.89. The van der Waals surface area contributed by atoms with Crippen LogP contribution in [0, 0.1) is 6.92 Å². The van der Waals surface area contributed by atoms with Crippen molar-refractivity contribution in [2.45, 2.75) is 96.6 Å². The highest BCUT2D eigenvalue weighted by molar-refractivity contribution is 5.27. The average molecular weight is 439 g/mol. The standard InChI is InChI=1S/C30H48NO/c1-5-6-7-8-9-10-11-12-13-14-18-25-31(3,4)29(27-19-16-15-17-20-27)30(32)28-23-21-26(2)22-24-28/h15-17,19-24,29-30,32H,5-14,18,25H2,1-4H3/q+1. The van der Waals surface area contributed by atoms with Crippen LogP contribution in [-0.2, 0) is 0 Å². The molecule has 0 saturated carbocycles. The predicted molar refractivity (Wildman–Crippen MR) is 139 cm³/mol. The summed E-state index contributed by atoms with van der Waals surface area (Å²) in [7, 11) is 4.57. The van der Waals surface area contributed by atoms with Crippen molar-refractivity contribution in [2.75, 3.05) is 20.6 Å². The van der Waals surface area contributed by atoms with Gasteiger partial charge in [-0.15, -0.1) is 0 Å². The van der Waals surface area contributed by atoms with Gasteiger partial charge in [-0.2, -0.15) is 0 Å². The van der Waals surface area contributed by atoms with E-state index in [2.05, 4.69) is 82.5 Å². The number of aliphatic hydroxyl groups excluding tert-OH is 1. The zero-order valence-electron chi connectivity index (χ0n) is 21.2. The Hall–Kier alpha value is -1.64. The molecule has 1 N–H and O–H groups in total. The first-order valence-corrected chi connectivity index (χ1v) is 13.1. The third-order valence-corrected chi connectivity index (χ3v) is 6.95. The number of unbranched alkanes of at least 4 members (excludes halogenated alkanes) is 10. The summed E-state index contributed by atoms with van der Waals surface area (Å²) >= 11 is 0. The van der Waals surface area contributed by atoms with Gasteiger partial charge in [0.1, 0.15) is 12.1 Å². The second kappa shape index (κ2) is 14.5. The first-order valence-electron chi connectivity index (χ1n) is 13.1. The number of quaternary nitrogens is 1. The van der Waals surface area contributed by atoms with Crippen LogP contribution in [0.25, 0.3) is 0 Å². The first-order chi connectivity index (χ1) is 15.5. The van der Waals surface area contributed by atoms with E-state index < -0.39 is 6.10 Å². The minimum Gasteiger partial charge on any atom is -0.382 e. The zero-order chi connectivity index (χ0) is 23.2. The van der Waals surface area contributed by atoms with Crippen LogP contribution in [0.3, 0.4) is 0 Å². The molecule has 0 aliphatic rings. The van der Waals surface area contributed by atoms with E-state index in [1.165, 1.54) is 81.8 Å². The minimum absolute atomic E-state index is 0.0297. The van der Waals surface area contributed by atoms with Crippen LogP contribution in [0.15, 0.2) is 54.6 Å². The molecule has 0 aromatic heterocycles. The lowest BCUT2D eigenvalue weighted by Crippen LogP contribution is -2.46. The molecule has 0 heterocycles. The van der Waals surface area contributed by atoms with Crippen LogP contribution in [0.2, 0.25) is 0 Å². The Morgan fingerprint density at radius 2 is 1.16 bits per heavy atom. The highest BCUT2D eigenvalue weighted by atomic mass is 16.3. The lowest BCUT2D eigenvalue weighted by molar-refractivity contribution is -0.926. The molecule has 0 amide bonds. The summed E-state index contributed by atoms with van der Waals surface area (Å²) in [5.74, 6) is 0. The summed E-state index contributed by atoms with van der Waals surface area (Å²) in [4.78, 5) is 0. The third kappa shape index (κ3) is 9.08. The number of likely N-dealkylation sites (N-methyl/N-ethyl adjacent to an activating group) is 1. The number of rotatable bonds is 16. The highest BCUT2D eigenvalue weighted by Crippen LogP contribution is 2.37. The van der Waals surface area contributed by atoms with Gasteiger partial charge in [0.2, 0.25) is 0 Å². The fraction of sp³-hybridized carbons (Fsp3) is 0.600. The van der Waals surface area contributed by atoms with Crippen LogP contribution in [0.1, 0.15) is 106 Å². The van der Waals surface area contributed by atoms with Crippen LogP contribution in [-0.4, -0.2) is 30.2 Å². The molecule has 0 fully saturated rings. The monoisotopic (exact) mass is 438 g/mol. The van der Waals surface area contributed by atoms with E-state index in [0.29, 0.717) is 0 Å². The van der Waals surface area contributed by atoms with Crippen molar-refractivity contribution in [1.29, 1.82) is 0 Å². The van der Waals surface area contributed by atoms with Crippen LogP contribution >= 0.6 is 0 Å². The summed E-state index contributed by atoms with van der Waals surface area (Å²) in [6.45, 7) is 5.46. The van der Waals surface area contributed by atoms with E-state index in [9.17, 15) is 5.11 Å². The van der Waals surface area contributed by atoms with Gasteiger partial charge >= 0.3 is 0 Å². The Labute approximate surface area is 198 Å².